The SMILES string of the molecule is CNC(=O)c1cc2c(OC(=O)N(C)C)cccc2[n+](C)c1.[I-]. The Labute approximate surface area is 146 Å². The van der Waals surface area contributed by atoms with Crippen molar-refractivity contribution in [2.45, 2.75) is 0 Å². The second-order valence-corrected chi connectivity index (χ2v) is 4.87. The molecule has 0 bridgehead atoms. The molecular formula is C15H18IN3O3. The van der Waals surface area contributed by atoms with Gasteiger partial charge < -0.3 is 38.9 Å². The van der Waals surface area contributed by atoms with E-state index in [0.29, 0.717) is 16.7 Å². The van der Waals surface area contributed by atoms with Crippen LogP contribution in [0.5, 0.6) is 5.75 Å². The average molecular weight is 415 g/mol. The van der Waals surface area contributed by atoms with Gasteiger partial charge in [-0.05, 0) is 12.1 Å². The van der Waals surface area contributed by atoms with Gasteiger partial charge in [0.25, 0.3) is 5.91 Å². The molecule has 0 fully saturated rings. The van der Waals surface area contributed by atoms with Gasteiger partial charge in [0.05, 0.1) is 5.39 Å². The van der Waals surface area contributed by atoms with Gasteiger partial charge >= 0.3 is 6.09 Å². The van der Waals surface area contributed by atoms with Crippen molar-refractivity contribution in [3.05, 3.63) is 36.0 Å². The monoisotopic (exact) mass is 415 g/mol. The van der Waals surface area contributed by atoms with E-state index in [1.165, 1.54) is 4.90 Å². The predicted molar refractivity (Wildman–Crippen MR) is 78.2 cm³/mol. The first kappa shape index (κ1) is 18.1. The van der Waals surface area contributed by atoms with Crippen LogP contribution in [0.2, 0.25) is 0 Å². The highest BCUT2D eigenvalue weighted by Crippen LogP contribution is 2.24. The van der Waals surface area contributed by atoms with Crippen LogP contribution < -0.4 is 38.6 Å². The largest absolute Gasteiger partial charge is 1.00 e. The van der Waals surface area contributed by atoms with Gasteiger partial charge in [-0.15, -0.1) is 0 Å². The van der Waals surface area contributed by atoms with Crippen LogP contribution >= 0.6 is 0 Å². The number of aromatic nitrogens is 1. The van der Waals surface area contributed by atoms with Gasteiger partial charge in [0.1, 0.15) is 18.4 Å². The summed E-state index contributed by atoms with van der Waals surface area (Å²) in [5.74, 6) is 0.230. The van der Waals surface area contributed by atoms with Gasteiger partial charge in [0.15, 0.2) is 6.20 Å². The van der Waals surface area contributed by atoms with Gasteiger partial charge in [-0.2, -0.15) is 0 Å². The number of aryl methyl sites for hydroxylation is 1. The number of ether oxygens (including phenoxy) is 1. The lowest BCUT2D eigenvalue weighted by Gasteiger charge is -2.12. The number of hydrogen-bond donors (Lipinski definition) is 1. The number of hydrogen-bond acceptors (Lipinski definition) is 3. The fourth-order valence-electron chi connectivity index (χ4n) is 2.00. The number of carbonyl (C=O) groups is 2. The topological polar surface area (TPSA) is 62.5 Å². The zero-order chi connectivity index (χ0) is 15.6. The molecular weight excluding hydrogens is 397 g/mol. The van der Waals surface area contributed by atoms with E-state index in [1.54, 1.807) is 45.5 Å². The lowest BCUT2D eigenvalue weighted by atomic mass is 10.1. The highest BCUT2D eigenvalue weighted by molar-refractivity contribution is 5.97. The summed E-state index contributed by atoms with van der Waals surface area (Å²) in [6.07, 6.45) is 1.27. The number of nitrogens with zero attached hydrogens (tertiary/aromatic N) is 2. The molecule has 0 saturated heterocycles. The minimum atomic E-state index is -0.463. The highest BCUT2D eigenvalue weighted by atomic mass is 127. The van der Waals surface area contributed by atoms with Crippen molar-refractivity contribution in [3.63, 3.8) is 0 Å². The van der Waals surface area contributed by atoms with Gasteiger partial charge in [0, 0.05) is 27.2 Å². The van der Waals surface area contributed by atoms with E-state index in [-0.39, 0.29) is 29.9 Å². The number of amides is 2. The Kier molecular flexibility index (Phi) is 6.10. The molecule has 0 spiro atoms. The molecule has 0 aliphatic carbocycles. The third-order valence-corrected chi connectivity index (χ3v) is 3.11. The van der Waals surface area contributed by atoms with Gasteiger partial charge in [-0.1, -0.05) is 6.07 Å². The van der Waals surface area contributed by atoms with Crippen LogP contribution in [0.15, 0.2) is 30.5 Å². The zero-order valence-electron chi connectivity index (χ0n) is 12.9. The molecule has 6 nitrogen and oxygen atoms in total. The molecule has 0 atom stereocenters. The van der Waals surface area contributed by atoms with E-state index in [4.69, 9.17) is 4.74 Å². The minimum Gasteiger partial charge on any atom is -1.00 e. The van der Waals surface area contributed by atoms with E-state index in [9.17, 15) is 9.59 Å². The molecule has 0 aliphatic heterocycles. The molecule has 1 aromatic carbocycles. The first-order valence-corrected chi connectivity index (χ1v) is 6.47. The molecule has 2 amide bonds. The fraction of sp³-hybridized carbons (Fsp3) is 0.267. The van der Waals surface area contributed by atoms with E-state index in [2.05, 4.69) is 5.32 Å². The Bertz CT molecular complexity index is 716. The number of fused-ring (bicyclic) bond motifs is 1. The maximum atomic E-state index is 11.8. The molecule has 1 heterocycles. The molecule has 0 radical (unpaired) electrons. The Morgan fingerprint density at radius 2 is 1.95 bits per heavy atom. The Morgan fingerprint density at radius 1 is 1.27 bits per heavy atom. The summed E-state index contributed by atoms with van der Waals surface area (Å²) in [6, 6.07) is 7.12. The van der Waals surface area contributed by atoms with Crippen LogP contribution in [0.1, 0.15) is 10.4 Å². The van der Waals surface area contributed by atoms with Crippen molar-refractivity contribution in [1.29, 1.82) is 0 Å². The molecule has 0 unspecified atom stereocenters. The van der Waals surface area contributed by atoms with E-state index < -0.39 is 6.09 Å². The van der Waals surface area contributed by atoms with Crippen LogP contribution in [-0.4, -0.2) is 38.0 Å². The maximum Gasteiger partial charge on any atom is 0.414 e. The molecule has 1 N–H and O–H groups in total. The lowest BCUT2D eigenvalue weighted by molar-refractivity contribution is -0.645. The van der Waals surface area contributed by atoms with Crippen LogP contribution in [0.4, 0.5) is 4.79 Å². The maximum absolute atomic E-state index is 11.8. The van der Waals surface area contributed by atoms with Crippen LogP contribution in [-0.2, 0) is 7.05 Å². The van der Waals surface area contributed by atoms with Gasteiger partial charge in [-0.25, -0.2) is 9.36 Å². The number of halogens is 1. The molecule has 2 rings (SSSR count). The molecule has 2 aromatic rings. The van der Waals surface area contributed by atoms with Crippen molar-refractivity contribution in [2.24, 2.45) is 7.05 Å². The average Bonchev–Trinajstić information content (AvgIpc) is 2.46. The Balaban J connectivity index is 0.00000242. The number of rotatable bonds is 2. The first-order chi connectivity index (χ1) is 9.93. The van der Waals surface area contributed by atoms with E-state index in [1.807, 2.05) is 17.7 Å². The van der Waals surface area contributed by atoms with Crippen LogP contribution in [0.25, 0.3) is 10.9 Å². The minimum absolute atomic E-state index is 0. The summed E-state index contributed by atoms with van der Waals surface area (Å²) >= 11 is 0. The molecule has 118 valence electrons. The molecule has 7 heteroatoms. The van der Waals surface area contributed by atoms with Gasteiger partial charge in [0.2, 0.25) is 5.52 Å². The second-order valence-electron chi connectivity index (χ2n) is 4.87. The smallest absolute Gasteiger partial charge is 0.414 e. The third-order valence-electron chi connectivity index (χ3n) is 3.11. The summed E-state index contributed by atoms with van der Waals surface area (Å²) in [7, 11) is 6.64. The molecule has 1 aromatic heterocycles. The predicted octanol–water partition coefficient (Wildman–Crippen LogP) is -1.91. The first-order valence-electron chi connectivity index (χ1n) is 6.47. The lowest BCUT2D eigenvalue weighted by Crippen LogP contribution is -3.00. The zero-order valence-corrected chi connectivity index (χ0v) is 15.0. The number of pyridine rings is 1. The summed E-state index contributed by atoms with van der Waals surface area (Å²) in [4.78, 5) is 24.9. The van der Waals surface area contributed by atoms with Crippen LogP contribution in [0.3, 0.4) is 0 Å². The van der Waals surface area contributed by atoms with Gasteiger partial charge in [-0.3, -0.25) is 4.79 Å². The Hall–Kier alpha value is -1.90. The van der Waals surface area contributed by atoms with Crippen molar-refractivity contribution >= 4 is 22.9 Å². The second kappa shape index (κ2) is 7.39. The summed E-state index contributed by atoms with van der Waals surface area (Å²) in [6.45, 7) is 0. The summed E-state index contributed by atoms with van der Waals surface area (Å²) in [5, 5.41) is 3.29. The number of nitrogens with one attached hydrogen (secondary N) is 1. The number of benzene rings is 1. The van der Waals surface area contributed by atoms with E-state index >= 15 is 0 Å². The van der Waals surface area contributed by atoms with Crippen molar-refractivity contribution in [1.82, 2.24) is 10.2 Å². The van der Waals surface area contributed by atoms with Crippen LogP contribution in [0, 0.1) is 0 Å². The highest BCUT2D eigenvalue weighted by Gasteiger charge is 2.17. The quantitative estimate of drug-likeness (QED) is 0.460. The van der Waals surface area contributed by atoms with E-state index in [0.717, 1.165) is 5.52 Å². The molecule has 0 saturated carbocycles. The standard InChI is InChI=1S/C15H17N3O3.HI/c1-16-14(19)10-8-11-12(18(4)9-10)6-5-7-13(11)21-15(20)17(2)3;/h5-9H,1-4H3;1H. The molecule has 22 heavy (non-hydrogen) atoms. The summed E-state index contributed by atoms with van der Waals surface area (Å²) in [5.41, 5.74) is 1.37. The number of carbonyl (C=O) groups excluding carboxylic acids is 2. The Morgan fingerprint density at radius 3 is 2.55 bits per heavy atom. The van der Waals surface area contributed by atoms with Crippen molar-refractivity contribution in [3.8, 4) is 5.75 Å². The third kappa shape index (κ3) is 3.65. The van der Waals surface area contributed by atoms with Crippen molar-refractivity contribution < 1.29 is 42.9 Å². The molecule has 0 aliphatic rings. The summed E-state index contributed by atoms with van der Waals surface area (Å²) < 4.78 is 7.18. The fourth-order valence-corrected chi connectivity index (χ4v) is 2.00. The normalized spacial score (nSPS) is 9.82. The van der Waals surface area contributed by atoms with Crippen molar-refractivity contribution in [2.75, 3.05) is 21.1 Å².